The lowest BCUT2D eigenvalue weighted by molar-refractivity contribution is 0.341. The highest BCUT2D eigenvalue weighted by Crippen LogP contribution is 2.29. The third kappa shape index (κ3) is 1.16. The molecule has 1 aliphatic heterocycles. The van der Waals surface area contributed by atoms with Gasteiger partial charge in [-0.05, 0) is 24.9 Å². The molecule has 0 N–H and O–H groups in total. The van der Waals surface area contributed by atoms with Gasteiger partial charge in [-0.1, -0.05) is 22.8 Å². The van der Waals surface area contributed by atoms with Crippen molar-refractivity contribution in [1.29, 1.82) is 0 Å². The average Bonchev–Trinajstić information content (AvgIpc) is 2.54. The smallest absolute Gasteiger partial charge is 0.0230 e. The summed E-state index contributed by atoms with van der Waals surface area (Å²) in [6.07, 6.45) is 4.80. The van der Waals surface area contributed by atoms with Crippen LogP contribution in [-0.4, -0.2) is 21.0 Å². The predicted molar refractivity (Wildman–Crippen MR) is 60.0 cm³/mol. The van der Waals surface area contributed by atoms with Crippen LogP contribution in [0.2, 0.25) is 0 Å². The molecule has 2 aromatic rings. The summed E-state index contributed by atoms with van der Waals surface area (Å²) in [5, 5.41) is 1.25. The number of hydrogen-bond donors (Lipinski definition) is 0. The maximum Gasteiger partial charge on any atom is 0.0230 e. The second-order valence-electron chi connectivity index (χ2n) is 4.05. The van der Waals surface area contributed by atoms with Gasteiger partial charge in [-0.2, -0.15) is 0 Å². The summed E-state index contributed by atoms with van der Waals surface area (Å²) in [6.45, 7) is 1.90. The van der Waals surface area contributed by atoms with Gasteiger partial charge in [0.15, 0.2) is 0 Å². The van der Waals surface area contributed by atoms with E-state index in [0.29, 0.717) is 0 Å². The number of fused-ring (bicyclic) bond motifs is 3. The molecule has 0 fully saturated rings. The molecule has 0 bridgehead atoms. The van der Waals surface area contributed by atoms with Gasteiger partial charge in [0.1, 0.15) is 0 Å². The second kappa shape index (κ2) is 3.00. The molecule has 3 nitrogen and oxygen atoms in total. The monoisotopic (exact) mass is 199 g/mol. The Labute approximate surface area is 89.3 Å². The molecule has 0 spiro atoms. The molecule has 0 saturated heterocycles. The van der Waals surface area contributed by atoms with Crippen molar-refractivity contribution < 1.29 is 0 Å². The van der Waals surface area contributed by atoms with Crippen LogP contribution in [0.3, 0.4) is 0 Å². The quantitative estimate of drug-likeness (QED) is 0.603. The minimum Gasteiger partial charge on any atom is -0.483 e. The molecule has 0 saturated carbocycles. The van der Waals surface area contributed by atoms with Crippen molar-refractivity contribution in [2.45, 2.75) is 13.0 Å². The lowest BCUT2D eigenvalue weighted by Gasteiger charge is -2.34. The standard InChI is InChI=1S/C12H13N3/c1-14-6-4-9-10-7-13-5-3-11(10)15(2)12(9)8-14/h3,5,7H,1-2,4,6,8H2/q-2. The van der Waals surface area contributed by atoms with Crippen LogP contribution >= 0.6 is 0 Å². The first-order valence-electron chi connectivity index (χ1n) is 5.10. The molecule has 0 radical (unpaired) electrons. The normalized spacial score (nSPS) is 16.9. The Morgan fingerprint density at radius 3 is 3.07 bits per heavy atom. The van der Waals surface area contributed by atoms with Crippen LogP contribution in [0, 0.1) is 14.1 Å². The van der Waals surface area contributed by atoms with Gasteiger partial charge in [-0.15, -0.1) is 7.05 Å². The van der Waals surface area contributed by atoms with Crippen LogP contribution in [0.4, 0.5) is 0 Å². The molecule has 3 heteroatoms. The number of rotatable bonds is 0. The number of pyridine rings is 1. The summed E-state index contributed by atoms with van der Waals surface area (Å²) in [7, 11) is 8.08. The van der Waals surface area contributed by atoms with Crippen molar-refractivity contribution in [3.63, 3.8) is 0 Å². The molecule has 0 atom stereocenters. The minimum atomic E-state index is 0.882. The first-order chi connectivity index (χ1) is 7.27. The molecule has 1 aliphatic rings. The van der Waals surface area contributed by atoms with Crippen LogP contribution < -0.4 is 0 Å². The maximum atomic E-state index is 4.18. The van der Waals surface area contributed by atoms with Gasteiger partial charge in [-0.3, -0.25) is 12.0 Å². The molecule has 3 rings (SSSR count). The Bertz CT molecular complexity index is 513. The minimum absolute atomic E-state index is 0.882. The zero-order valence-electron chi connectivity index (χ0n) is 8.61. The predicted octanol–water partition coefficient (Wildman–Crippen LogP) is 1.83. The second-order valence-corrected chi connectivity index (χ2v) is 4.05. The first-order valence-corrected chi connectivity index (χ1v) is 5.10. The Morgan fingerprint density at radius 2 is 2.20 bits per heavy atom. The third-order valence-corrected chi connectivity index (χ3v) is 3.14. The molecule has 3 heterocycles. The van der Waals surface area contributed by atoms with Gasteiger partial charge in [0.25, 0.3) is 0 Å². The molecule has 78 valence electrons. The number of aromatic nitrogens is 2. The van der Waals surface area contributed by atoms with Gasteiger partial charge in [0, 0.05) is 12.4 Å². The van der Waals surface area contributed by atoms with E-state index in [1.165, 1.54) is 22.2 Å². The highest BCUT2D eigenvalue weighted by Gasteiger charge is 2.11. The van der Waals surface area contributed by atoms with E-state index < -0.39 is 0 Å². The van der Waals surface area contributed by atoms with Crippen molar-refractivity contribution in [3.8, 4) is 0 Å². The van der Waals surface area contributed by atoms with Crippen LogP contribution in [0.15, 0.2) is 18.5 Å². The molecule has 0 amide bonds. The molecule has 2 aromatic heterocycles. The Kier molecular flexibility index (Phi) is 1.76. The van der Waals surface area contributed by atoms with E-state index in [2.05, 4.69) is 24.0 Å². The van der Waals surface area contributed by atoms with E-state index in [9.17, 15) is 0 Å². The molecular weight excluding hydrogens is 186 g/mol. The van der Waals surface area contributed by atoms with Crippen LogP contribution in [0.1, 0.15) is 11.3 Å². The van der Waals surface area contributed by atoms with E-state index in [0.717, 1.165) is 19.5 Å². The Balaban J connectivity index is 2.32. The van der Waals surface area contributed by atoms with E-state index in [-0.39, 0.29) is 0 Å². The maximum absolute atomic E-state index is 4.18. The fourth-order valence-corrected chi connectivity index (χ4v) is 2.34. The lowest BCUT2D eigenvalue weighted by Crippen LogP contribution is -2.25. The van der Waals surface area contributed by atoms with Crippen LogP contribution in [-0.2, 0) is 13.0 Å². The summed E-state index contributed by atoms with van der Waals surface area (Å²) < 4.78 is 2.02. The molecule has 15 heavy (non-hydrogen) atoms. The Morgan fingerprint density at radius 1 is 1.33 bits per heavy atom. The van der Waals surface area contributed by atoms with Gasteiger partial charge < -0.3 is 9.47 Å². The van der Waals surface area contributed by atoms with Crippen molar-refractivity contribution in [1.82, 2.24) is 14.5 Å². The van der Waals surface area contributed by atoms with Crippen molar-refractivity contribution in [3.05, 3.63) is 43.8 Å². The summed E-state index contributed by atoms with van der Waals surface area (Å²) >= 11 is 0. The van der Waals surface area contributed by atoms with E-state index in [1.54, 1.807) is 0 Å². The lowest BCUT2D eigenvalue weighted by atomic mass is 10.1. The zero-order valence-corrected chi connectivity index (χ0v) is 8.61. The van der Waals surface area contributed by atoms with Crippen molar-refractivity contribution in [2.75, 3.05) is 6.54 Å². The average molecular weight is 199 g/mol. The highest BCUT2D eigenvalue weighted by atomic mass is 15.1. The van der Waals surface area contributed by atoms with E-state index in [1.807, 2.05) is 23.0 Å². The first kappa shape index (κ1) is 8.80. The largest absolute Gasteiger partial charge is 0.483 e. The van der Waals surface area contributed by atoms with Gasteiger partial charge in [0.05, 0.1) is 0 Å². The molecule has 0 aliphatic carbocycles. The van der Waals surface area contributed by atoms with Crippen LogP contribution in [0.25, 0.3) is 10.9 Å². The summed E-state index contributed by atoms with van der Waals surface area (Å²) in [6, 6.07) is 2.02. The fraction of sp³-hybridized carbons (Fsp3) is 0.250. The number of hydrogen-bond acceptors (Lipinski definition) is 2. The van der Waals surface area contributed by atoms with E-state index in [4.69, 9.17) is 0 Å². The zero-order chi connectivity index (χ0) is 10.4. The van der Waals surface area contributed by atoms with Gasteiger partial charge in [0.2, 0.25) is 0 Å². The van der Waals surface area contributed by atoms with Crippen molar-refractivity contribution in [2.24, 2.45) is 0 Å². The molecule has 0 aromatic carbocycles. The summed E-state index contributed by atoms with van der Waals surface area (Å²) in [5.74, 6) is 0. The van der Waals surface area contributed by atoms with E-state index >= 15 is 0 Å². The topological polar surface area (TPSA) is 21.1 Å². The molecule has 0 unspecified atom stereocenters. The number of nitrogens with zero attached hydrogens (tertiary/aromatic N) is 3. The fourth-order valence-electron chi connectivity index (χ4n) is 2.34. The third-order valence-electron chi connectivity index (χ3n) is 3.14. The Hall–Kier alpha value is -1.48. The SMILES string of the molecule is [CH2-]N1CCc2c(n([CH2-])c3ccncc23)C1. The summed E-state index contributed by atoms with van der Waals surface area (Å²) in [5.41, 5.74) is 3.84. The molecular formula is C12H13N3-2. The van der Waals surface area contributed by atoms with Gasteiger partial charge >= 0.3 is 0 Å². The summed E-state index contributed by atoms with van der Waals surface area (Å²) in [4.78, 5) is 6.26. The van der Waals surface area contributed by atoms with Gasteiger partial charge in [-0.25, -0.2) is 0 Å². The van der Waals surface area contributed by atoms with Crippen molar-refractivity contribution >= 4 is 10.9 Å². The van der Waals surface area contributed by atoms with Crippen LogP contribution in [0.5, 0.6) is 0 Å². The highest BCUT2D eigenvalue weighted by molar-refractivity contribution is 5.85.